The first-order valence-corrected chi connectivity index (χ1v) is 7.41. The molecule has 0 heterocycles. The van der Waals surface area contributed by atoms with E-state index >= 15 is 0 Å². The van der Waals surface area contributed by atoms with E-state index in [0.717, 1.165) is 19.0 Å². The molecule has 0 fully saturated rings. The van der Waals surface area contributed by atoms with Gasteiger partial charge in [-0.3, -0.25) is 0 Å². The molecule has 102 valence electrons. The molecule has 0 spiro atoms. The molecule has 1 unspecified atom stereocenters. The van der Waals surface area contributed by atoms with Crippen LogP contribution in [0.3, 0.4) is 0 Å². The molecule has 1 nitrogen and oxygen atoms in total. The highest BCUT2D eigenvalue weighted by Crippen LogP contribution is 2.30. The van der Waals surface area contributed by atoms with Crippen LogP contribution in [0.5, 0.6) is 0 Å². The molecule has 18 heavy (non-hydrogen) atoms. The van der Waals surface area contributed by atoms with Crippen LogP contribution in [0, 0.1) is 19.8 Å². The summed E-state index contributed by atoms with van der Waals surface area (Å²) in [5, 5.41) is 3.53. The summed E-state index contributed by atoms with van der Waals surface area (Å²) in [6.07, 6.45) is 2.53. The Hall–Kier alpha value is -0.820. The van der Waals surface area contributed by atoms with Crippen molar-refractivity contribution in [2.75, 3.05) is 13.1 Å². The van der Waals surface area contributed by atoms with Gasteiger partial charge in [0.2, 0.25) is 0 Å². The predicted octanol–water partition coefficient (Wildman–Crippen LogP) is 4.43. The van der Waals surface area contributed by atoms with Crippen molar-refractivity contribution >= 4 is 0 Å². The minimum absolute atomic E-state index is 0.651. The monoisotopic (exact) mass is 247 g/mol. The number of hydrogen-bond donors (Lipinski definition) is 1. The van der Waals surface area contributed by atoms with E-state index in [-0.39, 0.29) is 0 Å². The molecule has 0 bridgehead atoms. The molecule has 0 aliphatic heterocycles. The quantitative estimate of drug-likeness (QED) is 0.751. The van der Waals surface area contributed by atoms with Gasteiger partial charge in [-0.05, 0) is 37.8 Å². The fraction of sp³-hybridized carbons (Fsp3) is 0.647. The molecule has 1 aromatic rings. The van der Waals surface area contributed by atoms with Gasteiger partial charge in [0.05, 0.1) is 0 Å². The minimum Gasteiger partial charge on any atom is -0.316 e. The van der Waals surface area contributed by atoms with Gasteiger partial charge in [0.25, 0.3) is 0 Å². The van der Waals surface area contributed by atoms with Crippen LogP contribution in [0.25, 0.3) is 0 Å². The summed E-state index contributed by atoms with van der Waals surface area (Å²) in [4.78, 5) is 0. The van der Waals surface area contributed by atoms with Gasteiger partial charge in [-0.15, -0.1) is 0 Å². The second kappa shape index (κ2) is 7.58. The molecule has 0 radical (unpaired) electrons. The molecular formula is C17H29N. The van der Waals surface area contributed by atoms with Gasteiger partial charge in [0.1, 0.15) is 0 Å². The standard InChI is InChI=1S/C17H29N/c1-6-15(7-2)17(12-18-8-3)16-10-13(4)9-14(5)11-16/h9-11,15,17-18H,6-8,12H2,1-5H3. The van der Waals surface area contributed by atoms with Crippen LogP contribution in [-0.4, -0.2) is 13.1 Å². The van der Waals surface area contributed by atoms with Crippen molar-refractivity contribution in [1.82, 2.24) is 5.32 Å². The number of benzene rings is 1. The summed E-state index contributed by atoms with van der Waals surface area (Å²) in [7, 11) is 0. The summed E-state index contributed by atoms with van der Waals surface area (Å²) in [5.41, 5.74) is 4.29. The lowest BCUT2D eigenvalue weighted by molar-refractivity contribution is 0.382. The molecule has 0 saturated carbocycles. The van der Waals surface area contributed by atoms with E-state index < -0.39 is 0 Å². The number of likely N-dealkylation sites (N-methyl/N-ethyl adjacent to an activating group) is 1. The van der Waals surface area contributed by atoms with Gasteiger partial charge >= 0.3 is 0 Å². The Bertz CT molecular complexity index is 332. The van der Waals surface area contributed by atoms with E-state index in [9.17, 15) is 0 Å². The second-order valence-corrected chi connectivity index (χ2v) is 5.41. The first-order chi connectivity index (χ1) is 8.62. The summed E-state index contributed by atoms with van der Waals surface area (Å²) < 4.78 is 0. The Kier molecular flexibility index (Phi) is 6.42. The van der Waals surface area contributed by atoms with Gasteiger partial charge in [-0.2, -0.15) is 0 Å². The molecule has 0 aromatic heterocycles. The van der Waals surface area contributed by atoms with Crippen molar-refractivity contribution < 1.29 is 0 Å². The van der Waals surface area contributed by atoms with Crippen LogP contribution in [0.2, 0.25) is 0 Å². The van der Waals surface area contributed by atoms with Crippen molar-refractivity contribution in [3.8, 4) is 0 Å². The molecule has 1 rings (SSSR count). The maximum atomic E-state index is 3.53. The van der Waals surface area contributed by atoms with Crippen LogP contribution in [0.1, 0.15) is 56.2 Å². The fourth-order valence-corrected chi connectivity index (χ4v) is 2.94. The Labute approximate surface area is 113 Å². The second-order valence-electron chi connectivity index (χ2n) is 5.41. The predicted molar refractivity (Wildman–Crippen MR) is 81.3 cm³/mol. The third-order valence-corrected chi connectivity index (χ3v) is 3.90. The third kappa shape index (κ3) is 4.13. The average molecular weight is 247 g/mol. The van der Waals surface area contributed by atoms with E-state index in [1.54, 1.807) is 0 Å². The Balaban J connectivity index is 2.99. The molecule has 1 atom stereocenters. The van der Waals surface area contributed by atoms with Crippen LogP contribution in [0.15, 0.2) is 18.2 Å². The lowest BCUT2D eigenvalue weighted by Gasteiger charge is -2.27. The van der Waals surface area contributed by atoms with Crippen LogP contribution in [0.4, 0.5) is 0 Å². The van der Waals surface area contributed by atoms with Crippen molar-refractivity contribution in [2.45, 2.75) is 53.4 Å². The summed E-state index contributed by atoms with van der Waals surface area (Å²) in [5.74, 6) is 1.43. The van der Waals surface area contributed by atoms with E-state index in [1.807, 2.05) is 0 Å². The zero-order chi connectivity index (χ0) is 13.5. The van der Waals surface area contributed by atoms with Crippen molar-refractivity contribution in [2.24, 2.45) is 5.92 Å². The number of rotatable bonds is 7. The lowest BCUT2D eigenvalue weighted by Crippen LogP contribution is -2.26. The SMILES string of the molecule is CCNCC(c1cc(C)cc(C)c1)C(CC)CC. The van der Waals surface area contributed by atoms with Crippen LogP contribution >= 0.6 is 0 Å². The molecule has 0 saturated heterocycles. The maximum absolute atomic E-state index is 3.53. The number of nitrogens with one attached hydrogen (secondary N) is 1. The highest BCUT2D eigenvalue weighted by molar-refractivity contribution is 5.31. The average Bonchev–Trinajstić information content (AvgIpc) is 2.33. The van der Waals surface area contributed by atoms with Gasteiger partial charge in [-0.25, -0.2) is 0 Å². The van der Waals surface area contributed by atoms with E-state index in [2.05, 4.69) is 58.1 Å². The van der Waals surface area contributed by atoms with Gasteiger partial charge in [-0.1, -0.05) is 62.9 Å². The molecular weight excluding hydrogens is 218 g/mol. The minimum atomic E-state index is 0.651. The van der Waals surface area contributed by atoms with Gasteiger partial charge < -0.3 is 5.32 Å². The first-order valence-electron chi connectivity index (χ1n) is 7.41. The van der Waals surface area contributed by atoms with E-state index in [1.165, 1.54) is 29.5 Å². The highest BCUT2D eigenvalue weighted by Gasteiger charge is 2.20. The Morgan fingerprint density at radius 3 is 1.94 bits per heavy atom. The molecule has 0 amide bonds. The van der Waals surface area contributed by atoms with Crippen LogP contribution in [-0.2, 0) is 0 Å². The molecule has 0 aliphatic rings. The van der Waals surface area contributed by atoms with Crippen molar-refractivity contribution in [3.63, 3.8) is 0 Å². The summed E-state index contributed by atoms with van der Waals surface area (Å²) >= 11 is 0. The smallest absolute Gasteiger partial charge is 0.00227 e. The molecule has 1 aromatic carbocycles. The van der Waals surface area contributed by atoms with Crippen LogP contribution < -0.4 is 5.32 Å². The fourth-order valence-electron chi connectivity index (χ4n) is 2.94. The Morgan fingerprint density at radius 2 is 1.50 bits per heavy atom. The van der Waals surface area contributed by atoms with Gasteiger partial charge in [0, 0.05) is 6.54 Å². The number of aryl methyl sites for hydroxylation is 2. The number of hydrogen-bond acceptors (Lipinski definition) is 1. The largest absolute Gasteiger partial charge is 0.316 e. The normalized spacial score (nSPS) is 13.0. The third-order valence-electron chi connectivity index (χ3n) is 3.90. The summed E-state index contributed by atoms with van der Waals surface area (Å²) in [6.45, 7) is 13.4. The highest BCUT2D eigenvalue weighted by atomic mass is 14.8. The van der Waals surface area contributed by atoms with Gasteiger partial charge in [0.15, 0.2) is 0 Å². The van der Waals surface area contributed by atoms with E-state index in [4.69, 9.17) is 0 Å². The topological polar surface area (TPSA) is 12.0 Å². The lowest BCUT2D eigenvalue weighted by atomic mass is 9.81. The van der Waals surface area contributed by atoms with Crippen molar-refractivity contribution in [1.29, 1.82) is 0 Å². The zero-order valence-corrected chi connectivity index (χ0v) is 12.7. The maximum Gasteiger partial charge on any atom is 0.00227 e. The summed E-state index contributed by atoms with van der Waals surface area (Å²) in [6, 6.07) is 7.00. The van der Waals surface area contributed by atoms with Crippen molar-refractivity contribution in [3.05, 3.63) is 34.9 Å². The first kappa shape index (κ1) is 15.2. The Morgan fingerprint density at radius 1 is 0.944 bits per heavy atom. The van der Waals surface area contributed by atoms with E-state index in [0.29, 0.717) is 5.92 Å². The molecule has 1 heteroatoms. The molecule has 0 aliphatic carbocycles. The molecule has 1 N–H and O–H groups in total. The zero-order valence-electron chi connectivity index (χ0n) is 12.7.